The molecule has 0 aromatic heterocycles. The van der Waals surface area contributed by atoms with Crippen molar-refractivity contribution in [3.8, 4) is 0 Å². The molecule has 0 aliphatic heterocycles. The van der Waals surface area contributed by atoms with Gasteiger partial charge in [-0.05, 0) is 57.8 Å². The van der Waals surface area contributed by atoms with E-state index in [4.69, 9.17) is 0 Å². The van der Waals surface area contributed by atoms with Gasteiger partial charge in [0.25, 0.3) is 0 Å². The van der Waals surface area contributed by atoms with E-state index in [9.17, 15) is 0 Å². The van der Waals surface area contributed by atoms with Gasteiger partial charge in [-0.3, -0.25) is 0 Å². The Kier molecular flexibility index (Phi) is 21.2. The molecular formula is C27H56N+. The molecule has 1 nitrogen and oxygen atoms in total. The number of rotatable bonds is 22. The standard InChI is InChI=1S/C27H56N/c1-5-9-10-11-12-13-14-15-16-17-18-19-20-21-22-23-27-28(24-6-2,25-7-3)26-8-4/h15-16H,5-14,17-27H2,1-4H3/q+1/b16-15-. The van der Waals surface area contributed by atoms with Crippen molar-refractivity contribution in [3.63, 3.8) is 0 Å². The molecule has 0 radical (unpaired) electrons. The third kappa shape index (κ3) is 16.6. The van der Waals surface area contributed by atoms with Crippen LogP contribution in [-0.4, -0.2) is 30.7 Å². The molecule has 0 saturated heterocycles. The summed E-state index contributed by atoms with van der Waals surface area (Å²) >= 11 is 0. The second-order valence-corrected chi connectivity index (χ2v) is 9.17. The quantitative estimate of drug-likeness (QED) is 0.0975. The fraction of sp³-hybridized carbons (Fsp3) is 0.926. The molecule has 1 heteroatoms. The molecule has 0 heterocycles. The van der Waals surface area contributed by atoms with Gasteiger partial charge in [-0.25, -0.2) is 0 Å². The van der Waals surface area contributed by atoms with Crippen LogP contribution in [0.4, 0.5) is 0 Å². The zero-order valence-electron chi connectivity index (χ0n) is 20.5. The maximum atomic E-state index is 2.44. The van der Waals surface area contributed by atoms with Gasteiger partial charge in [0.1, 0.15) is 0 Å². The fourth-order valence-electron chi connectivity index (χ4n) is 4.79. The van der Waals surface area contributed by atoms with Crippen LogP contribution in [0.25, 0.3) is 0 Å². The van der Waals surface area contributed by atoms with Gasteiger partial charge in [0.15, 0.2) is 0 Å². The van der Waals surface area contributed by atoms with Gasteiger partial charge in [-0.2, -0.15) is 0 Å². The lowest BCUT2D eigenvalue weighted by atomic mass is 10.1. The Balaban J connectivity index is 3.56. The van der Waals surface area contributed by atoms with Crippen LogP contribution in [0.5, 0.6) is 0 Å². The molecule has 0 atom stereocenters. The molecule has 0 amide bonds. The van der Waals surface area contributed by atoms with Crippen molar-refractivity contribution >= 4 is 0 Å². The van der Waals surface area contributed by atoms with Crippen LogP contribution in [0.3, 0.4) is 0 Å². The summed E-state index contributed by atoms with van der Waals surface area (Å²) in [6, 6.07) is 0. The van der Waals surface area contributed by atoms with Crippen molar-refractivity contribution in [2.45, 2.75) is 137 Å². The first-order valence-corrected chi connectivity index (χ1v) is 13.2. The molecule has 0 aromatic carbocycles. The lowest BCUT2D eigenvalue weighted by molar-refractivity contribution is -0.928. The van der Waals surface area contributed by atoms with Crippen molar-refractivity contribution in [2.75, 3.05) is 26.2 Å². The molecule has 0 fully saturated rings. The lowest BCUT2D eigenvalue weighted by Gasteiger charge is -2.38. The highest BCUT2D eigenvalue weighted by Gasteiger charge is 2.23. The third-order valence-corrected chi connectivity index (χ3v) is 6.24. The molecular weight excluding hydrogens is 338 g/mol. The van der Waals surface area contributed by atoms with Crippen LogP contribution in [0.15, 0.2) is 12.2 Å². The maximum absolute atomic E-state index is 2.44. The van der Waals surface area contributed by atoms with E-state index in [0.29, 0.717) is 0 Å². The maximum Gasteiger partial charge on any atom is 0.0786 e. The number of hydrogen-bond donors (Lipinski definition) is 0. The summed E-state index contributed by atoms with van der Waals surface area (Å²) in [5.74, 6) is 0. The number of allylic oxidation sites excluding steroid dienone is 2. The van der Waals surface area contributed by atoms with Gasteiger partial charge in [0.2, 0.25) is 0 Å². The first-order chi connectivity index (χ1) is 13.7. The van der Waals surface area contributed by atoms with E-state index >= 15 is 0 Å². The molecule has 0 unspecified atom stereocenters. The van der Waals surface area contributed by atoms with E-state index in [2.05, 4.69) is 39.8 Å². The van der Waals surface area contributed by atoms with E-state index in [1.807, 2.05) is 0 Å². The Bertz CT molecular complexity index is 303. The summed E-state index contributed by atoms with van der Waals surface area (Å²) in [5, 5.41) is 0. The van der Waals surface area contributed by atoms with E-state index < -0.39 is 0 Å². The normalized spacial score (nSPS) is 12.3. The average Bonchev–Trinajstić information content (AvgIpc) is 2.68. The van der Waals surface area contributed by atoms with Crippen molar-refractivity contribution in [3.05, 3.63) is 12.2 Å². The largest absolute Gasteiger partial charge is 0.324 e. The molecule has 0 bridgehead atoms. The highest BCUT2D eigenvalue weighted by Crippen LogP contribution is 2.16. The van der Waals surface area contributed by atoms with Crippen molar-refractivity contribution in [1.29, 1.82) is 0 Å². The molecule has 0 spiro atoms. The summed E-state index contributed by atoms with van der Waals surface area (Å²) in [5.41, 5.74) is 0. The first kappa shape index (κ1) is 27.7. The Morgan fingerprint density at radius 2 is 0.786 bits per heavy atom. The minimum atomic E-state index is 1.30. The summed E-state index contributed by atoms with van der Waals surface area (Å²) in [4.78, 5) is 0. The Morgan fingerprint density at radius 1 is 0.393 bits per heavy atom. The molecule has 0 aliphatic carbocycles. The summed E-state index contributed by atoms with van der Waals surface area (Å²) in [6.45, 7) is 15.0. The van der Waals surface area contributed by atoms with E-state index in [1.54, 1.807) is 0 Å². The fourth-order valence-corrected chi connectivity index (χ4v) is 4.79. The van der Waals surface area contributed by atoms with Gasteiger partial charge in [0, 0.05) is 0 Å². The smallest absolute Gasteiger partial charge is 0.0786 e. The predicted octanol–water partition coefficient (Wildman–Crippen LogP) is 9.07. The van der Waals surface area contributed by atoms with Gasteiger partial charge in [0.05, 0.1) is 26.2 Å². The number of nitrogens with zero attached hydrogens (tertiary/aromatic N) is 1. The van der Waals surface area contributed by atoms with Gasteiger partial charge in [-0.15, -0.1) is 0 Å². The zero-order valence-corrected chi connectivity index (χ0v) is 20.5. The molecule has 0 N–H and O–H groups in total. The molecule has 0 aromatic rings. The number of unbranched alkanes of at least 4 members (excludes halogenated alkanes) is 12. The van der Waals surface area contributed by atoms with Gasteiger partial charge in [-0.1, -0.05) is 91.2 Å². The topological polar surface area (TPSA) is 0 Å². The van der Waals surface area contributed by atoms with E-state index in [-0.39, 0.29) is 0 Å². The van der Waals surface area contributed by atoms with Crippen LogP contribution < -0.4 is 0 Å². The molecule has 0 aliphatic rings. The molecule has 0 saturated carbocycles. The Morgan fingerprint density at radius 3 is 1.21 bits per heavy atom. The lowest BCUT2D eigenvalue weighted by Crippen LogP contribution is -2.50. The number of hydrogen-bond acceptors (Lipinski definition) is 0. The van der Waals surface area contributed by atoms with Crippen LogP contribution >= 0.6 is 0 Å². The van der Waals surface area contributed by atoms with Crippen LogP contribution in [0.1, 0.15) is 137 Å². The highest BCUT2D eigenvalue weighted by molar-refractivity contribution is 4.81. The molecule has 28 heavy (non-hydrogen) atoms. The van der Waals surface area contributed by atoms with Crippen LogP contribution in [0, 0.1) is 0 Å². The predicted molar refractivity (Wildman–Crippen MR) is 130 cm³/mol. The SMILES string of the molecule is CCCCCCCC/C=C\CCCCCCCC[N+](CCC)(CCC)CCC. The zero-order chi connectivity index (χ0) is 20.8. The molecule has 168 valence electrons. The monoisotopic (exact) mass is 394 g/mol. The second kappa shape index (κ2) is 21.4. The Hall–Kier alpha value is -0.300. The second-order valence-electron chi connectivity index (χ2n) is 9.17. The van der Waals surface area contributed by atoms with Gasteiger partial charge < -0.3 is 4.48 Å². The molecule has 0 rings (SSSR count). The van der Waals surface area contributed by atoms with E-state index in [0.717, 1.165) is 0 Å². The number of quaternary nitrogens is 1. The summed E-state index contributed by atoms with van der Waals surface area (Å²) in [7, 11) is 0. The van der Waals surface area contributed by atoms with Crippen molar-refractivity contribution in [1.82, 2.24) is 0 Å². The first-order valence-electron chi connectivity index (χ1n) is 13.2. The van der Waals surface area contributed by atoms with Gasteiger partial charge >= 0.3 is 0 Å². The summed E-state index contributed by atoms with van der Waals surface area (Å²) < 4.78 is 1.40. The summed E-state index contributed by atoms with van der Waals surface area (Å²) in [6.07, 6.45) is 28.6. The van der Waals surface area contributed by atoms with Crippen molar-refractivity contribution in [2.24, 2.45) is 0 Å². The third-order valence-electron chi connectivity index (χ3n) is 6.24. The minimum absolute atomic E-state index is 1.30. The van der Waals surface area contributed by atoms with E-state index in [1.165, 1.54) is 140 Å². The highest BCUT2D eigenvalue weighted by atomic mass is 15.3. The average molecular weight is 395 g/mol. The minimum Gasteiger partial charge on any atom is -0.324 e. The van der Waals surface area contributed by atoms with Crippen LogP contribution in [0.2, 0.25) is 0 Å². The van der Waals surface area contributed by atoms with Crippen LogP contribution in [-0.2, 0) is 0 Å². The van der Waals surface area contributed by atoms with Crippen molar-refractivity contribution < 1.29 is 4.48 Å². The Labute approximate surface area is 180 Å².